The van der Waals surface area contributed by atoms with Crippen molar-refractivity contribution in [1.29, 1.82) is 0 Å². The summed E-state index contributed by atoms with van der Waals surface area (Å²) in [5.74, 6) is 2.68. The Morgan fingerprint density at radius 1 is 1.62 bits per heavy atom. The van der Waals surface area contributed by atoms with Crippen LogP contribution in [0.1, 0.15) is 44.3 Å². The predicted octanol–water partition coefficient (Wildman–Crippen LogP) is 2.26. The van der Waals surface area contributed by atoms with E-state index in [0.717, 1.165) is 37.9 Å². The van der Waals surface area contributed by atoms with Gasteiger partial charge in [0.25, 0.3) is 0 Å². The highest BCUT2D eigenvalue weighted by Gasteiger charge is 2.12. The summed E-state index contributed by atoms with van der Waals surface area (Å²) in [6, 6.07) is 0.342. The Bertz CT molecular complexity index is 335. The molecule has 0 fully saturated rings. The maximum atomic E-state index is 5.27. The van der Waals surface area contributed by atoms with Gasteiger partial charge in [-0.25, -0.2) is 4.98 Å². The van der Waals surface area contributed by atoms with E-state index in [0.29, 0.717) is 6.04 Å². The number of nitrogens with zero attached hydrogens (tertiary/aromatic N) is 2. The highest BCUT2D eigenvalue weighted by atomic mass is 15.0. The van der Waals surface area contributed by atoms with Gasteiger partial charge in [0, 0.05) is 19.7 Å². The lowest BCUT2D eigenvalue weighted by Crippen LogP contribution is -2.22. The van der Waals surface area contributed by atoms with E-state index in [-0.39, 0.29) is 0 Å². The van der Waals surface area contributed by atoms with Crippen LogP contribution in [-0.4, -0.2) is 16.1 Å². The first kappa shape index (κ1) is 12.8. The van der Waals surface area contributed by atoms with E-state index < -0.39 is 0 Å². The molecule has 1 atom stereocenters. The van der Waals surface area contributed by atoms with E-state index in [9.17, 15) is 0 Å². The topological polar surface area (TPSA) is 29.9 Å². The molecule has 0 aromatic carbocycles. The molecule has 0 saturated heterocycles. The minimum atomic E-state index is 0.342. The van der Waals surface area contributed by atoms with Gasteiger partial charge in [0.1, 0.15) is 0 Å². The van der Waals surface area contributed by atoms with E-state index in [2.05, 4.69) is 29.3 Å². The maximum absolute atomic E-state index is 5.27. The van der Waals surface area contributed by atoms with Gasteiger partial charge in [-0.2, -0.15) is 0 Å². The van der Waals surface area contributed by atoms with E-state index in [1.165, 1.54) is 0 Å². The van der Waals surface area contributed by atoms with Crippen LogP contribution in [0.3, 0.4) is 0 Å². The number of aryl methyl sites for hydroxylation is 1. The Morgan fingerprint density at radius 3 is 3.00 bits per heavy atom. The predicted molar refractivity (Wildman–Crippen MR) is 66.9 cm³/mol. The van der Waals surface area contributed by atoms with Crippen molar-refractivity contribution < 1.29 is 0 Å². The fraction of sp³-hybridized carbons (Fsp3) is 0.615. The van der Waals surface area contributed by atoms with Crippen molar-refractivity contribution in [3.05, 3.63) is 18.2 Å². The maximum Gasteiger partial charge on any atom is 0.0947 e. The molecule has 0 aliphatic rings. The van der Waals surface area contributed by atoms with E-state index in [4.69, 9.17) is 6.42 Å². The number of hydrogen-bond acceptors (Lipinski definition) is 2. The zero-order chi connectivity index (χ0) is 11.8. The average Bonchev–Trinajstić information content (AvgIpc) is 2.70. The normalized spacial score (nSPS) is 12.3. The summed E-state index contributed by atoms with van der Waals surface area (Å²) in [6.07, 6.45) is 13.3. The lowest BCUT2D eigenvalue weighted by atomic mass is 10.1. The Labute approximate surface area is 98.3 Å². The largest absolute Gasteiger partial charge is 0.340 e. The van der Waals surface area contributed by atoms with Crippen molar-refractivity contribution >= 4 is 0 Å². The zero-order valence-electron chi connectivity index (χ0n) is 10.2. The summed E-state index contributed by atoms with van der Waals surface area (Å²) in [5.41, 5.74) is 1.12. The van der Waals surface area contributed by atoms with Gasteiger partial charge in [0.2, 0.25) is 0 Å². The van der Waals surface area contributed by atoms with Crippen molar-refractivity contribution in [3.8, 4) is 12.3 Å². The molecular weight excluding hydrogens is 198 g/mol. The summed E-state index contributed by atoms with van der Waals surface area (Å²) in [5, 5.41) is 3.51. The van der Waals surface area contributed by atoms with Gasteiger partial charge >= 0.3 is 0 Å². The summed E-state index contributed by atoms with van der Waals surface area (Å²) in [6.45, 7) is 3.20. The van der Waals surface area contributed by atoms with Crippen LogP contribution >= 0.6 is 0 Å². The molecule has 3 heteroatoms. The van der Waals surface area contributed by atoms with Gasteiger partial charge in [-0.3, -0.25) is 0 Å². The summed E-state index contributed by atoms with van der Waals surface area (Å²) in [4.78, 5) is 4.40. The van der Waals surface area contributed by atoms with Crippen molar-refractivity contribution in [2.24, 2.45) is 7.05 Å². The molecule has 88 valence electrons. The van der Waals surface area contributed by atoms with Crippen LogP contribution in [0.2, 0.25) is 0 Å². The van der Waals surface area contributed by atoms with Gasteiger partial charge in [-0.1, -0.05) is 6.92 Å². The van der Waals surface area contributed by atoms with Crippen LogP contribution in [0.4, 0.5) is 0 Å². The summed E-state index contributed by atoms with van der Waals surface area (Å²) in [7, 11) is 1.99. The lowest BCUT2D eigenvalue weighted by molar-refractivity contribution is 0.479. The quantitative estimate of drug-likeness (QED) is 0.563. The lowest BCUT2D eigenvalue weighted by Gasteiger charge is -2.15. The third-order valence-corrected chi connectivity index (χ3v) is 2.54. The smallest absolute Gasteiger partial charge is 0.0947 e. The third-order valence-electron chi connectivity index (χ3n) is 2.54. The van der Waals surface area contributed by atoms with E-state index >= 15 is 0 Å². The number of nitrogens with one attached hydrogen (secondary N) is 1. The summed E-state index contributed by atoms with van der Waals surface area (Å²) < 4.78 is 1.98. The number of imidazole rings is 1. The monoisotopic (exact) mass is 219 g/mol. The van der Waals surface area contributed by atoms with Gasteiger partial charge in [0.05, 0.1) is 18.1 Å². The molecule has 1 unspecified atom stereocenters. The minimum absolute atomic E-state index is 0.342. The van der Waals surface area contributed by atoms with E-state index in [1.807, 2.05) is 17.9 Å². The number of unbranched alkanes of at least 4 members (excludes halogenated alkanes) is 1. The molecule has 1 rings (SSSR count). The van der Waals surface area contributed by atoms with Crippen LogP contribution in [0, 0.1) is 12.3 Å². The Kier molecular flexibility index (Phi) is 5.66. The second kappa shape index (κ2) is 7.08. The molecule has 16 heavy (non-hydrogen) atoms. The number of terminal acetylenes is 1. The molecular formula is C13H21N3. The van der Waals surface area contributed by atoms with Crippen LogP contribution < -0.4 is 5.32 Å². The molecule has 0 aliphatic heterocycles. The molecule has 1 heterocycles. The molecule has 0 radical (unpaired) electrons. The first-order valence-electron chi connectivity index (χ1n) is 5.92. The highest BCUT2D eigenvalue weighted by Crippen LogP contribution is 2.17. The average molecular weight is 219 g/mol. The number of aromatic nitrogens is 2. The van der Waals surface area contributed by atoms with Gasteiger partial charge < -0.3 is 9.88 Å². The van der Waals surface area contributed by atoms with Gasteiger partial charge in [-0.05, 0) is 25.8 Å². The van der Waals surface area contributed by atoms with Crippen LogP contribution in [-0.2, 0) is 7.05 Å². The molecule has 0 spiro atoms. The van der Waals surface area contributed by atoms with E-state index in [1.54, 1.807) is 0 Å². The molecule has 0 bridgehead atoms. The fourth-order valence-corrected chi connectivity index (χ4v) is 1.69. The van der Waals surface area contributed by atoms with Crippen molar-refractivity contribution in [3.63, 3.8) is 0 Å². The Balaban J connectivity index is 2.53. The Hall–Kier alpha value is -1.27. The minimum Gasteiger partial charge on any atom is -0.340 e. The van der Waals surface area contributed by atoms with Crippen LogP contribution in [0.25, 0.3) is 0 Å². The molecule has 1 aromatic heterocycles. The standard InChI is InChI=1S/C13H21N3/c1-4-6-7-8-12(14-9-5-2)13-10-16(3)11-15-13/h1,10-12,14H,5-9H2,2-3H3. The van der Waals surface area contributed by atoms with Crippen molar-refractivity contribution in [2.45, 2.75) is 38.6 Å². The first-order chi connectivity index (χ1) is 7.77. The SMILES string of the molecule is C#CCCCC(NCCC)c1cn(C)cn1. The Morgan fingerprint density at radius 2 is 2.44 bits per heavy atom. The summed E-state index contributed by atoms with van der Waals surface area (Å²) >= 11 is 0. The first-order valence-corrected chi connectivity index (χ1v) is 5.92. The highest BCUT2D eigenvalue weighted by molar-refractivity contribution is 5.03. The number of hydrogen-bond donors (Lipinski definition) is 1. The van der Waals surface area contributed by atoms with Crippen LogP contribution in [0.5, 0.6) is 0 Å². The van der Waals surface area contributed by atoms with Crippen molar-refractivity contribution in [2.75, 3.05) is 6.54 Å². The van der Waals surface area contributed by atoms with Crippen molar-refractivity contribution in [1.82, 2.24) is 14.9 Å². The zero-order valence-corrected chi connectivity index (χ0v) is 10.2. The van der Waals surface area contributed by atoms with Gasteiger partial charge in [-0.15, -0.1) is 12.3 Å². The molecule has 0 amide bonds. The molecule has 0 saturated carbocycles. The molecule has 0 aliphatic carbocycles. The third kappa shape index (κ3) is 4.08. The van der Waals surface area contributed by atoms with Gasteiger partial charge in [0.15, 0.2) is 0 Å². The molecule has 1 aromatic rings. The molecule has 1 N–H and O–H groups in total. The second-order valence-corrected chi connectivity index (χ2v) is 4.07. The number of rotatable bonds is 7. The fourth-order valence-electron chi connectivity index (χ4n) is 1.69. The van der Waals surface area contributed by atoms with Crippen LogP contribution in [0.15, 0.2) is 12.5 Å². The second-order valence-electron chi connectivity index (χ2n) is 4.07. The molecule has 3 nitrogen and oxygen atoms in total.